The van der Waals surface area contributed by atoms with Gasteiger partial charge in [-0.05, 0) is 5.92 Å². The Balaban J connectivity index is 2.36. The van der Waals surface area contributed by atoms with Crippen LogP contribution in [0.1, 0.15) is 6.92 Å². The minimum Gasteiger partial charge on any atom is -0.215 e. The van der Waals surface area contributed by atoms with E-state index in [2.05, 4.69) is 0 Å². The third-order valence-electron chi connectivity index (χ3n) is 1.28. The lowest BCUT2D eigenvalue weighted by Gasteiger charge is -2.31. The monoisotopic (exact) mass is 135 g/mol. The van der Waals surface area contributed by atoms with Crippen molar-refractivity contribution in [2.75, 3.05) is 13.1 Å². The fourth-order valence-corrected chi connectivity index (χ4v) is 1.62. The van der Waals surface area contributed by atoms with Crippen molar-refractivity contribution in [2.24, 2.45) is 5.92 Å². The molecule has 0 N–H and O–H groups in total. The molecule has 1 heterocycles. The molecule has 0 aromatic rings. The van der Waals surface area contributed by atoms with E-state index in [4.69, 9.17) is 0 Å². The lowest BCUT2D eigenvalue weighted by atomic mass is 10.1. The van der Waals surface area contributed by atoms with Gasteiger partial charge in [0.15, 0.2) is 0 Å². The highest BCUT2D eigenvalue weighted by molar-refractivity contribution is 7.69. The van der Waals surface area contributed by atoms with Gasteiger partial charge in [0.1, 0.15) is 0 Å². The van der Waals surface area contributed by atoms with E-state index in [1.807, 2.05) is 6.92 Å². The number of hydrogen-bond donors (Lipinski definition) is 1. The fraction of sp³-hybridized carbons (Fsp3) is 1.00. The Bertz CT molecular complexity index is 140. The molecule has 1 fully saturated rings. The standard InChI is InChI=1S/C4H9NO2S/c1-4-2-5(3-4)8(6)7/h4,8H,2-3H2,1H3. The molecule has 1 rings (SSSR count). The highest BCUT2D eigenvalue weighted by Gasteiger charge is 2.23. The Hall–Kier alpha value is -0.0900. The zero-order valence-electron chi connectivity index (χ0n) is 4.70. The normalized spacial score (nSPS) is 23.8. The smallest absolute Gasteiger partial charge is 0.203 e. The van der Waals surface area contributed by atoms with Gasteiger partial charge in [0.2, 0.25) is 10.9 Å². The number of rotatable bonds is 1. The van der Waals surface area contributed by atoms with Crippen LogP contribution in [-0.2, 0) is 10.9 Å². The molecule has 3 nitrogen and oxygen atoms in total. The third-order valence-corrected chi connectivity index (χ3v) is 2.06. The molecule has 0 amide bonds. The topological polar surface area (TPSA) is 37.4 Å². The zero-order chi connectivity index (χ0) is 6.15. The Morgan fingerprint density at radius 1 is 1.50 bits per heavy atom. The minimum absolute atomic E-state index is 0.572. The Labute approximate surface area is 50.4 Å². The van der Waals surface area contributed by atoms with Gasteiger partial charge >= 0.3 is 0 Å². The molecule has 0 aromatic heterocycles. The first-order valence-corrected chi connectivity index (χ1v) is 3.72. The predicted molar refractivity (Wildman–Crippen MR) is 31.1 cm³/mol. The molecule has 0 saturated carbocycles. The molecule has 0 aromatic carbocycles. The summed E-state index contributed by atoms with van der Waals surface area (Å²) in [7, 11) is -2.27. The Morgan fingerprint density at radius 2 is 2.00 bits per heavy atom. The van der Waals surface area contributed by atoms with Crippen LogP contribution in [0.2, 0.25) is 0 Å². The average Bonchev–Trinajstić information content (AvgIpc) is 1.57. The Kier molecular flexibility index (Phi) is 1.53. The molecule has 8 heavy (non-hydrogen) atoms. The fourth-order valence-electron chi connectivity index (χ4n) is 0.799. The van der Waals surface area contributed by atoms with E-state index in [0.29, 0.717) is 5.92 Å². The van der Waals surface area contributed by atoms with E-state index in [1.165, 1.54) is 4.31 Å². The molecule has 48 valence electrons. The van der Waals surface area contributed by atoms with E-state index in [9.17, 15) is 8.42 Å². The van der Waals surface area contributed by atoms with Gasteiger partial charge in [0, 0.05) is 13.1 Å². The van der Waals surface area contributed by atoms with Crippen molar-refractivity contribution in [1.29, 1.82) is 0 Å². The van der Waals surface area contributed by atoms with Crippen LogP contribution in [0, 0.1) is 5.92 Å². The molecule has 0 radical (unpaired) electrons. The van der Waals surface area contributed by atoms with Gasteiger partial charge in [-0.25, -0.2) is 12.7 Å². The molecule has 1 saturated heterocycles. The largest absolute Gasteiger partial charge is 0.215 e. The van der Waals surface area contributed by atoms with Gasteiger partial charge < -0.3 is 0 Å². The molecule has 0 spiro atoms. The second-order valence-corrected chi connectivity index (χ2v) is 3.26. The van der Waals surface area contributed by atoms with Gasteiger partial charge in [-0.1, -0.05) is 6.92 Å². The van der Waals surface area contributed by atoms with Gasteiger partial charge in [0.05, 0.1) is 0 Å². The van der Waals surface area contributed by atoms with Crippen LogP contribution in [0.15, 0.2) is 0 Å². The molecule has 1 aliphatic rings. The number of thiol groups is 1. The maximum absolute atomic E-state index is 10.1. The second-order valence-electron chi connectivity index (χ2n) is 2.21. The van der Waals surface area contributed by atoms with Crippen molar-refractivity contribution in [1.82, 2.24) is 4.31 Å². The van der Waals surface area contributed by atoms with Crippen molar-refractivity contribution < 1.29 is 8.42 Å². The summed E-state index contributed by atoms with van der Waals surface area (Å²) >= 11 is 0. The molecule has 0 unspecified atom stereocenters. The maximum Gasteiger partial charge on any atom is 0.203 e. The summed E-state index contributed by atoms with van der Waals surface area (Å²) in [5, 5.41) is 0. The predicted octanol–water partition coefficient (Wildman–Crippen LogP) is -0.535. The number of hydrogen-bond acceptors (Lipinski definition) is 2. The van der Waals surface area contributed by atoms with Crippen LogP contribution in [0.3, 0.4) is 0 Å². The van der Waals surface area contributed by atoms with E-state index in [0.717, 1.165) is 13.1 Å². The summed E-state index contributed by atoms with van der Waals surface area (Å²) in [6, 6.07) is 0. The van der Waals surface area contributed by atoms with E-state index >= 15 is 0 Å². The molecule has 0 bridgehead atoms. The van der Waals surface area contributed by atoms with Crippen LogP contribution >= 0.6 is 0 Å². The summed E-state index contributed by atoms with van der Waals surface area (Å²) in [4.78, 5) is 0. The van der Waals surface area contributed by atoms with E-state index in [-0.39, 0.29) is 0 Å². The second kappa shape index (κ2) is 2.03. The summed E-state index contributed by atoms with van der Waals surface area (Å²) in [5.41, 5.74) is 0. The van der Waals surface area contributed by atoms with Gasteiger partial charge in [0.25, 0.3) is 0 Å². The van der Waals surface area contributed by atoms with Crippen LogP contribution in [0.5, 0.6) is 0 Å². The van der Waals surface area contributed by atoms with Crippen molar-refractivity contribution in [3.05, 3.63) is 0 Å². The van der Waals surface area contributed by atoms with Gasteiger partial charge in [-0.3, -0.25) is 0 Å². The van der Waals surface area contributed by atoms with Crippen LogP contribution in [-0.4, -0.2) is 25.8 Å². The van der Waals surface area contributed by atoms with Crippen LogP contribution in [0.4, 0.5) is 0 Å². The van der Waals surface area contributed by atoms with Crippen LogP contribution < -0.4 is 0 Å². The zero-order valence-corrected chi connectivity index (χ0v) is 5.60. The first-order valence-electron chi connectivity index (χ1n) is 2.59. The molecule has 0 aliphatic carbocycles. The highest BCUT2D eigenvalue weighted by atomic mass is 32.2. The maximum atomic E-state index is 10.1. The third kappa shape index (κ3) is 1.00. The van der Waals surface area contributed by atoms with Crippen molar-refractivity contribution >= 4 is 10.9 Å². The highest BCUT2D eigenvalue weighted by Crippen LogP contribution is 2.12. The van der Waals surface area contributed by atoms with Gasteiger partial charge in [-0.15, -0.1) is 0 Å². The summed E-state index contributed by atoms with van der Waals surface area (Å²) < 4.78 is 21.6. The minimum atomic E-state index is -2.27. The molecule has 0 atom stereocenters. The summed E-state index contributed by atoms with van der Waals surface area (Å²) in [5.74, 6) is 0.572. The average molecular weight is 135 g/mol. The SMILES string of the molecule is CC1CN([SH](=O)=O)C1. The van der Waals surface area contributed by atoms with E-state index in [1.54, 1.807) is 0 Å². The Morgan fingerprint density at radius 3 is 2.12 bits per heavy atom. The molecular weight excluding hydrogens is 126 g/mol. The lowest BCUT2D eigenvalue weighted by Crippen LogP contribution is -2.43. The summed E-state index contributed by atoms with van der Waals surface area (Å²) in [6.07, 6.45) is 0. The number of nitrogens with zero attached hydrogens (tertiary/aromatic N) is 1. The van der Waals surface area contributed by atoms with Crippen molar-refractivity contribution in [3.63, 3.8) is 0 Å². The lowest BCUT2D eigenvalue weighted by molar-refractivity contribution is 0.225. The van der Waals surface area contributed by atoms with Crippen molar-refractivity contribution in [2.45, 2.75) is 6.92 Å². The van der Waals surface area contributed by atoms with E-state index < -0.39 is 10.9 Å². The molecule has 1 aliphatic heterocycles. The molecular formula is C4H9NO2S. The first kappa shape index (κ1) is 6.04. The quantitative estimate of drug-likeness (QED) is 0.490. The molecule has 4 heteroatoms. The summed E-state index contributed by atoms with van der Waals surface area (Å²) in [6.45, 7) is 3.48. The first-order chi connectivity index (χ1) is 3.70. The van der Waals surface area contributed by atoms with Gasteiger partial charge in [-0.2, -0.15) is 0 Å². The van der Waals surface area contributed by atoms with Crippen molar-refractivity contribution in [3.8, 4) is 0 Å². The van der Waals surface area contributed by atoms with Crippen LogP contribution in [0.25, 0.3) is 0 Å².